The highest BCUT2D eigenvalue weighted by Crippen LogP contribution is 2.26. The highest BCUT2D eigenvalue weighted by Gasteiger charge is 2.27. The van der Waals surface area contributed by atoms with E-state index in [1.807, 2.05) is 6.92 Å². The summed E-state index contributed by atoms with van der Waals surface area (Å²) in [5.74, 6) is -0.326. The van der Waals surface area contributed by atoms with Crippen LogP contribution in [0.15, 0.2) is 23.1 Å². The van der Waals surface area contributed by atoms with Gasteiger partial charge >= 0.3 is 0 Å². The molecule has 1 aliphatic rings. The van der Waals surface area contributed by atoms with Crippen LogP contribution in [-0.4, -0.2) is 45.3 Å². The van der Waals surface area contributed by atoms with Crippen LogP contribution in [0.2, 0.25) is 0 Å². The number of sulfonamides is 1. The fraction of sp³-hybridized carbons (Fsp3) is 0.588. The lowest BCUT2D eigenvalue weighted by Gasteiger charge is -2.26. The molecular formula is C17H27N3O3S. The highest BCUT2D eigenvalue weighted by atomic mass is 32.2. The molecule has 0 spiro atoms. The molecule has 24 heavy (non-hydrogen) atoms. The summed E-state index contributed by atoms with van der Waals surface area (Å²) in [6.07, 6.45) is 2.87. The van der Waals surface area contributed by atoms with Crippen molar-refractivity contribution in [1.82, 2.24) is 9.62 Å². The molecule has 1 aromatic rings. The summed E-state index contributed by atoms with van der Waals surface area (Å²) in [5.41, 5.74) is 1.21. The minimum Gasteiger partial charge on any atom is -0.326 e. The Labute approximate surface area is 144 Å². The van der Waals surface area contributed by atoms with Crippen molar-refractivity contribution in [3.63, 3.8) is 0 Å². The van der Waals surface area contributed by atoms with Crippen LogP contribution in [0.25, 0.3) is 0 Å². The second-order valence-corrected chi connectivity index (χ2v) is 8.30. The summed E-state index contributed by atoms with van der Waals surface area (Å²) in [6.45, 7) is 5.31. The summed E-state index contributed by atoms with van der Waals surface area (Å²) in [6, 6.07) is 5.06. The Bertz CT molecular complexity index is 682. The molecule has 134 valence electrons. The summed E-state index contributed by atoms with van der Waals surface area (Å²) < 4.78 is 27.3. The van der Waals surface area contributed by atoms with E-state index in [-0.39, 0.29) is 16.7 Å². The molecule has 6 nitrogen and oxygen atoms in total. The van der Waals surface area contributed by atoms with Crippen molar-refractivity contribution >= 4 is 21.6 Å². The van der Waals surface area contributed by atoms with Gasteiger partial charge in [0.1, 0.15) is 0 Å². The van der Waals surface area contributed by atoms with Crippen LogP contribution in [0.5, 0.6) is 0 Å². The van der Waals surface area contributed by atoms with Gasteiger partial charge in [0.25, 0.3) is 0 Å². The molecule has 0 aromatic heterocycles. The Hall–Kier alpha value is -1.44. The lowest BCUT2D eigenvalue weighted by Crippen LogP contribution is -2.36. The monoisotopic (exact) mass is 353 g/mol. The molecule has 1 aromatic carbocycles. The lowest BCUT2D eigenvalue weighted by molar-refractivity contribution is -0.119. The third-order valence-corrected chi connectivity index (χ3v) is 6.39. The van der Waals surface area contributed by atoms with Crippen LogP contribution >= 0.6 is 0 Å². The molecule has 1 unspecified atom stereocenters. The molecule has 1 saturated heterocycles. The first kappa shape index (κ1) is 18.9. The van der Waals surface area contributed by atoms with E-state index in [1.165, 1.54) is 0 Å². The van der Waals surface area contributed by atoms with Crippen molar-refractivity contribution in [2.75, 3.05) is 32.0 Å². The van der Waals surface area contributed by atoms with Gasteiger partial charge < -0.3 is 10.6 Å². The van der Waals surface area contributed by atoms with Crippen molar-refractivity contribution < 1.29 is 13.2 Å². The van der Waals surface area contributed by atoms with Crippen LogP contribution in [0.1, 0.15) is 31.7 Å². The predicted octanol–water partition coefficient (Wildman–Crippen LogP) is 1.96. The third kappa shape index (κ3) is 4.34. The molecule has 2 N–H and O–H groups in total. The number of benzene rings is 1. The van der Waals surface area contributed by atoms with Crippen LogP contribution in [-0.2, 0) is 14.8 Å². The smallest absolute Gasteiger partial charge is 0.243 e. The quantitative estimate of drug-likeness (QED) is 0.819. The number of carbonyl (C=O) groups excluding carboxylic acids is 1. The summed E-state index contributed by atoms with van der Waals surface area (Å²) in [4.78, 5) is 12.4. The average Bonchev–Trinajstić information content (AvgIpc) is 2.57. The molecule has 1 heterocycles. The number of nitrogens with zero attached hydrogens (tertiary/aromatic N) is 1. The van der Waals surface area contributed by atoms with E-state index in [1.54, 1.807) is 36.5 Å². The van der Waals surface area contributed by atoms with Gasteiger partial charge in [0, 0.05) is 31.2 Å². The van der Waals surface area contributed by atoms with Gasteiger partial charge in [-0.2, -0.15) is 4.31 Å². The maximum absolute atomic E-state index is 12.9. The normalized spacial score (nSPS) is 17.5. The molecule has 1 atom stereocenters. The van der Waals surface area contributed by atoms with Gasteiger partial charge in [-0.3, -0.25) is 4.79 Å². The Morgan fingerprint density at radius 3 is 2.54 bits per heavy atom. The molecule has 1 amide bonds. The number of rotatable bonds is 6. The molecule has 2 rings (SSSR count). The van der Waals surface area contributed by atoms with Gasteiger partial charge in [0.2, 0.25) is 15.9 Å². The van der Waals surface area contributed by atoms with Crippen LogP contribution in [0, 0.1) is 12.8 Å². The zero-order valence-corrected chi connectivity index (χ0v) is 15.4. The fourth-order valence-corrected chi connectivity index (χ4v) is 4.63. The molecule has 7 heteroatoms. The minimum absolute atomic E-state index is 0.130. The number of carbonyl (C=O) groups is 1. The second-order valence-electron chi connectivity index (χ2n) is 6.39. The van der Waals surface area contributed by atoms with E-state index in [9.17, 15) is 13.2 Å². The summed E-state index contributed by atoms with van der Waals surface area (Å²) >= 11 is 0. The largest absolute Gasteiger partial charge is 0.326 e. The first-order valence-corrected chi connectivity index (χ1v) is 9.86. The lowest BCUT2D eigenvalue weighted by atomic mass is 10.1. The number of amides is 1. The average molecular weight is 353 g/mol. The van der Waals surface area contributed by atoms with Gasteiger partial charge in [-0.1, -0.05) is 19.4 Å². The zero-order chi connectivity index (χ0) is 17.7. The molecule has 0 radical (unpaired) electrons. The van der Waals surface area contributed by atoms with Gasteiger partial charge in [0.05, 0.1) is 4.90 Å². The van der Waals surface area contributed by atoms with Crippen LogP contribution < -0.4 is 10.6 Å². The molecule has 0 bridgehead atoms. The molecule has 0 saturated carbocycles. The minimum atomic E-state index is -3.51. The maximum atomic E-state index is 12.9. The molecular weight excluding hydrogens is 326 g/mol. The number of piperidine rings is 1. The Kier molecular flexibility index (Phi) is 6.37. The third-order valence-electron chi connectivity index (χ3n) is 4.35. The van der Waals surface area contributed by atoms with Gasteiger partial charge in [-0.15, -0.1) is 0 Å². The molecule has 1 aliphatic heterocycles. The number of aryl methyl sites for hydroxylation is 1. The standard InChI is InChI=1S/C17H27N3O3S/c1-13-7-8-15(19-17(21)14(2)12-18-3)11-16(13)24(22,23)20-9-5-4-6-10-20/h7-8,11,14,18H,4-6,9-10,12H2,1-3H3,(H,19,21). The highest BCUT2D eigenvalue weighted by molar-refractivity contribution is 7.89. The number of anilines is 1. The van der Waals surface area contributed by atoms with E-state index >= 15 is 0 Å². The maximum Gasteiger partial charge on any atom is 0.243 e. The van der Waals surface area contributed by atoms with Crippen LogP contribution in [0.4, 0.5) is 5.69 Å². The Morgan fingerprint density at radius 2 is 1.92 bits per heavy atom. The Morgan fingerprint density at radius 1 is 1.25 bits per heavy atom. The molecule has 0 aliphatic carbocycles. The number of nitrogens with one attached hydrogen (secondary N) is 2. The van der Waals surface area contributed by atoms with Crippen LogP contribution in [0.3, 0.4) is 0 Å². The fourth-order valence-electron chi connectivity index (χ4n) is 2.86. The summed E-state index contributed by atoms with van der Waals surface area (Å²) in [5, 5.41) is 5.77. The first-order chi connectivity index (χ1) is 11.4. The van der Waals surface area contributed by atoms with Crippen molar-refractivity contribution in [1.29, 1.82) is 0 Å². The van der Waals surface area contributed by atoms with Crippen molar-refractivity contribution in [3.05, 3.63) is 23.8 Å². The van der Waals surface area contributed by atoms with E-state index in [4.69, 9.17) is 0 Å². The van der Waals surface area contributed by atoms with Gasteiger partial charge in [0.15, 0.2) is 0 Å². The first-order valence-electron chi connectivity index (χ1n) is 8.42. The van der Waals surface area contributed by atoms with Gasteiger partial charge in [-0.25, -0.2) is 8.42 Å². The topological polar surface area (TPSA) is 78.5 Å². The van der Waals surface area contributed by atoms with E-state index < -0.39 is 10.0 Å². The Balaban J connectivity index is 2.23. The predicted molar refractivity (Wildman–Crippen MR) is 95.5 cm³/mol. The van der Waals surface area contributed by atoms with E-state index in [2.05, 4.69) is 10.6 Å². The van der Waals surface area contributed by atoms with Crippen molar-refractivity contribution in [2.45, 2.75) is 38.0 Å². The van der Waals surface area contributed by atoms with E-state index in [0.29, 0.717) is 30.9 Å². The zero-order valence-electron chi connectivity index (χ0n) is 14.6. The second kappa shape index (κ2) is 8.09. The SMILES string of the molecule is CNCC(C)C(=O)Nc1ccc(C)c(S(=O)(=O)N2CCCCC2)c1. The molecule has 1 fully saturated rings. The number of hydrogen-bond donors (Lipinski definition) is 2. The van der Waals surface area contributed by atoms with Crippen molar-refractivity contribution in [2.24, 2.45) is 5.92 Å². The summed E-state index contributed by atoms with van der Waals surface area (Å²) in [7, 11) is -1.72. The number of hydrogen-bond acceptors (Lipinski definition) is 4. The van der Waals surface area contributed by atoms with Crippen molar-refractivity contribution in [3.8, 4) is 0 Å². The van der Waals surface area contributed by atoms with E-state index in [0.717, 1.165) is 19.3 Å². The van der Waals surface area contributed by atoms with Gasteiger partial charge in [-0.05, 0) is 44.5 Å².